The zero-order chi connectivity index (χ0) is 10.8. The number of benzene rings is 1. The second-order valence-electron chi connectivity index (χ2n) is 4.91. The summed E-state index contributed by atoms with van der Waals surface area (Å²) < 4.78 is 5.89. The Kier molecular flexibility index (Phi) is 3.36. The summed E-state index contributed by atoms with van der Waals surface area (Å²) in [5.41, 5.74) is 1.28. The molecule has 0 atom stereocenters. The van der Waals surface area contributed by atoms with E-state index in [-0.39, 0.29) is 5.30 Å². The van der Waals surface area contributed by atoms with Crippen LogP contribution in [-0.2, 0) is 0 Å². The van der Waals surface area contributed by atoms with Crippen LogP contribution in [0.15, 0.2) is 24.3 Å². The second kappa shape index (κ2) is 4.16. The van der Waals surface area contributed by atoms with E-state index in [1.807, 2.05) is 12.1 Å². The standard InChI is InChI=1S/C10H17B3O/c1-7(2)8-5-3-4-6-9(8)14-10(11,12)13/h3-7H,11-13H2,1-2H3. The first-order chi connectivity index (χ1) is 6.40. The number of para-hydroxylation sites is 1. The van der Waals surface area contributed by atoms with Crippen molar-refractivity contribution >= 4 is 23.5 Å². The van der Waals surface area contributed by atoms with Crippen LogP contribution in [0.25, 0.3) is 0 Å². The molecule has 0 bridgehead atoms. The van der Waals surface area contributed by atoms with Crippen LogP contribution in [0.1, 0.15) is 25.3 Å². The molecular formula is C10H17B3O. The van der Waals surface area contributed by atoms with Crippen molar-refractivity contribution in [2.24, 2.45) is 0 Å². The summed E-state index contributed by atoms with van der Waals surface area (Å²) in [5, 5.41) is -0.120. The lowest BCUT2D eigenvalue weighted by Crippen LogP contribution is -2.37. The normalized spacial score (nSPS) is 11.6. The Morgan fingerprint density at radius 2 is 1.71 bits per heavy atom. The summed E-state index contributed by atoms with van der Waals surface area (Å²) in [7, 11) is 6.22. The maximum Gasteiger partial charge on any atom is 0.135 e. The molecule has 1 rings (SSSR count). The molecule has 0 radical (unpaired) electrons. The number of rotatable bonds is 3. The summed E-state index contributed by atoms with van der Waals surface area (Å²) >= 11 is 0. The lowest BCUT2D eigenvalue weighted by Gasteiger charge is -2.24. The van der Waals surface area contributed by atoms with Gasteiger partial charge in [-0.05, 0) is 17.5 Å². The predicted octanol–water partition coefficient (Wildman–Crippen LogP) is -0.301. The van der Waals surface area contributed by atoms with Gasteiger partial charge in [0.1, 0.15) is 29.3 Å². The molecule has 0 fully saturated rings. The Bertz CT molecular complexity index is 304. The molecule has 0 unspecified atom stereocenters. The molecule has 0 saturated carbocycles. The third kappa shape index (κ3) is 3.17. The fourth-order valence-electron chi connectivity index (χ4n) is 1.38. The summed E-state index contributed by atoms with van der Waals surface area (Å²) in [4.78, 5) is 0. The van der Waals surface area contributed by atoms with Gasteiger partial charge in [0.2, 0.25) is 0 Å². The van der Waals surface area contributed by atoms with Crippen molar-refractivity contribution in [3.8, 4) is 5.75 Å². The quantitative estimate of drug-likeness (QED) is 0.588. The van der Waals surface area contributed by atoms with E-state index in [4.69, 9.17) is 4.74 Å². The van der Waals surface area contributed by atoms with Gasteiger partial charge in [0.05, 0.1) is 0 Å². The van der Waals surface area contributed by atoms with Gasteiger partial charge in [-0.2, -0.15) is 0 Å². The number of hydrogen-bond donors (Lipinski definition) is 0. The molecule has 4 heteroatoms. The average Bonchev–Trinajstić information content (AvgIpc) is 2.01. The molecule has 0 aliphatic carbocycles. The number of ether oxygens (including phenoxy) is 1. The van der Waals surface area contributed by atoms with Crippen molar-refractivity contribution in [1.82, 2.24) is 0 Å². The smallest absolute Gasteiger partial charge is 0.135 e. The van der Waals surface area contributed by atoms with Gasteiger partial charge >= 0.3 is 0 Å². The first-order valence-corrected chi connectivity index (χ1v) is 5.18. The monoisotopic (exact) mass is 186 g/mol. The van der Waals surface area contributed by atoms with E-state index < -0.39 is 0 Å². The molecule has 0 N–H and O–H groups in total. The van der Waals surface area contributed by atoms with E-state index in [0.717, 1.165) is 5.75 Å². The highest BCUT2D eigenvalue weighted by Crippen LogP contribution is 2.27. The minimum absolute atomic E-state index is 0.120. The minimum Gasteiger partial charge on any atom is -0.513 e. The Morgan fingerprint density at radius 3 is 2.21 bits per heavy atom. The van der Waals surface area contributed by atoms with Gasteiger partial charge in [0.25, 0.3) is 0 Å². The van der Waals surface area contributed by atoms with E-state index in [9.17, 15) is 0 Å². The highest BCUT2D eigenvalue weighted by molar-refractivity contribution is 6.58. The van der Waals surface area contributed by atoms with Crippen LogP contribution in [0.2, 0.25) is 0 Å². The maximum atomic E-state index is 5.89. The zero-order valence-corrected chi connectivity index (χ0v) is 9.79. The lowest BCUT2D eigenvalue weighted by atomic mass is 9.52. The molecule has 0 spiro atoms. The van der Waals surface area contributed by atoms with Gasteiger partial charge in [-0.3, -0.25) is 0 Å². The molecule has 1 aromatic rings. The van der Waals surface area contributed by atoms with E-state index >= 15 is 0 Å². The zero-order valence-electron chi connectivity index (χ0n) is 9.79. The molecule has 0 amide bonds. The first-order valence-electron chi connectivity index (χ1n) is 5.18. The van der Waals surface area contributed by atoms with Crippen LogP contribution in [0.5, 0.6) is 5.75 Å². The highest BCUT2D eigenvalue weighted by Gasteiger charge is 2.15. The highest BCUT2D eigenvalue weighted by atomic mass is 16.5. The van der Waals surface area contributed by atoms with E-state index in [0.29, 0.717) is 5.92 Å². The average molecular weight is 186 g/mol. The van der Waals surface area contributed by atoms with Crippen LogP contribution in [0, 0.1) is 0 Å². The molecule has 0 aliphatic heterocycles. The van der Waals surface area contributed by atoms with Crippen molar-refractivity contribution in [3.05, 3.63) is 29.8 Å². The summed E-state index contributed by atoms with van der Waals surface area (Å²) in [6, 6.07) is 8.25. The van der Waals surface area contributed by atoms with Crippen LogP contribution in [-0.4, -0.2) is 28.8 Å². The lowest BCUT2D eigenvalue weighted by molar-refractivity contribution is 0.314. The van der Waals surface area contributed by atoms with Crippen molar-refractivity contribution in [3.63, 3.8) is 0 Å². The Labute approximate surface area is 89.5 Å². The van der Waals surface area contributed by atoms with Crippen molar-refractivity contribution < 1.29 is 4.74 Å². The van der Waals surface area contributed by atoms with Crippen molar-refractivity contribution in [1.29, 1.82) is 0 Å². The molecule has 1 aromatic carbocycles. The maximum absolute atomic E-state index is 5.89. The molecule has 72 valence electrons. The Morgan fingerprint density at radius 1 is 1.14 bits per heavy atom. The molecule has 1 nitrogen and oxygen atoms in total. The van der Waals surface area contributed by atoms with Crippen molar-refractivity contribution in [2.75, 3.05) is 0 Å². The fourth-order valence-corrected chi connectivity index (χ4v) is 1.38. The summed E-state index contributed by atoms with van der Waals surface area (Å²) in [6.45, 7) is 4.37. The summed E-state index contributed by atoms with van der Waals surface area (Å²) in [6.07, 6.45) is 0. The van der Waals surface area contributed by atoms with E-state index in [1.54, 1.807) is 0 Å². The Hall–Kier alpha value is -0.785. The second-order valence-corrected chi connectivity index (χ2v) is 4.91. The van der Waals surface area contributed by atoms with E-state index in [1.165, 1.54) is 5.56 Å². The molecule has 14 heavy (non-hydrogen) atoms. The molecule has 0 heterocycles. The summed E-state index contributed by atoms with van der Waals surface area (Å²) in [5.74, 6) is 1.52. The first kappa shape index (κ1) is 11.3. The van der Waals surface area contributed by atoms with Gasteiger partial charge in [0.15, 0.2) is 0 Å². The molecular weight excluding hydrogens is 169 g/mol. The number of hydrogen-bond acceptors (Lipinski definition) is 1. The third-order valence-electron chi connectivity index (χ3n) is 1.96. The molecule has 0 aromatic heterocycles. The predicted molar refractivity (Wildman–Crippen MR) is 69.5 cm³/mol. The third-order valence-corrected chi connectivity index (χ3v) is 1.96. The molecule has 0 aliphatic rings. The minimum atomic E-state index is -0.120. The fraction of sp³-hybridized carbons (Fsp3) is 0.400. The van der Waals surface area contributed by atoms with E-state index in [2.05, 4.69) is 49.5 Å². The molecule has 0 saturated heterocycles. The van der Waals surface area contributed by atoms with Gasteiger partial charge in [-0.25, -0.2) is 0 Å². The SMILES string of the molecule is BC(B)(B)Oc1ccccc1C(C)C. The largest absolute Gasteiger partial charge is 0.513 e. The van der Waals surface area contributed by atoms with Crippen LogP contribution < -0.4 is 4.74 Å². The van der Waals surface area contributed by atoms with Crippen molar-refractivity contribution in [2.45, 2.75) is 25.1 Å². The van der Waals surface area contributed by atoms with Crippen LogP contribution in [0.3, 0.4) is 0 Å². The van der Waals surface area contributed by atoms with Crippen LogP contribution >= 0.6 is 0 Å². The van der Waals surface area contributed by atoms with Gasteiger partial charge in [-0.1, -0.05) is 32.0 Å². The van der Waals surface area contributed by atoms with Gasteiger partial charge in [-0.15, -0.1) is 0 Å². The Balaban J connectivity index is 2.96. The van der Waals surface area contributed by atoms with Gasteiger partial charge in [0, 0.05) is 5.30 Å². The topological polar surface area (TPSA) is 9.23 Å². The van der Waals surface area contributed by atoms with Gasteiger partial charge < -0.3 is 4.74 Å². The van der Waals surface area contributed by atoms with Crippen LogP contribution in [0.4, 0.5) is 0 Å².